The van der Waals surface area contributed by atoms with Gasteiger partial charge in [0, 0.05) is 19.3 Å². The monoisotopic (exact) mass is 500 g/mol. The van der Waals surface area contributed by atoms with Crippen LogP contribution in [0.5, 0.6) is 0 Å². The molecule has 3 aromatic rings. The summed E-state index contributed by atoms with van der Waals surface area (Å²) in [4.78, 5) is 27.2. The molecule has 180 valence electrons. The fourth-order valence-corrected chi connectivity index (χ4v) is 4.14. The minimum absolute atomic E-state index is 0.0900. The van der Waals surface area contributed by atoms with E-state index in [4.69, 9.17) is 27.9 Å². The Kier molecular flexibility index (Phi) is 8.11. The Labute approximate surface area is 210 Å². The maximum atomic E-state index is 12.9. The number of rotatable bonds is 7. The van der Waals surface area contributed by atoms with Crippen molar-refractivity contribution in [1.82, 2.24) is 4.57 Å². The molecule has 0 N–H and O–H groups in total. The molecule has 2 aromatic carbocycles. The topological polar surface area (TPSA) is 51.5 Å². The fourth-order valence-electron chi connectivity index (χ4n) is 3.60. The zero-order valence-electron chi connectivity index (χ0n) is 20.2. The number of nitrogens with zero attached hydrogens (tertiary/aromatic N) is 2. The second-order valence-corrected chi connectivity index (χ2v) is 10.2. The highest BCUT2D eigenvalue weighted by Crippen LogP contribution is 2.23. The molecule has 7 heteroatoms. The normalized spacial score (nSPS) is 11.4. The van der Waals surface area contributed by atoms with Gasteiger partial charge in [-0.25, -0.2) is 4.79 Å². The van der Waals surface area contributed by atoms with Crippen LogP contribution in [0.25, 0.3) is 0 Å². The third kappa shape index (κ3) is 6.64. The van der Waals surface area contributed by atoms with Crippen LogP contribution in [0, 0.1) is 6.92 Å². The van der Waals surface area contributed by atoms with Crippen LogP contribution in [0.2, 0.25) is 10.0 Å². The maximum Gasteiger partial charge on any atom is 0.338 e. The van der Waals surface area contributed by atoms with Crippen molar-refractivity contribution in [3.8, 4) is 0 Å². The predicted octanol–water partition coefficient (Wildman–Crippen LogP) is 6.30. The highest BCUT2D eigenvalue weighted by atomic mass is 35.5. The lowest BCUT2D eigenvalue weighted by molar-refractivity contribution is 0.00695. The average Bonchev–Trinajstić information content (AvgIpc) is 2.76. The highest BCUT2D eigenvalue weighted by Gasteiger charge is 2.18. The second kappa shape index (κ2) is 10.7. The van der Waals surface area contributed by atoms with Gasteiger partial charge in [0.15, 0.2) is 0 Å². The van der Waals surface area contributed by atoms with Crippen molar-refractivity contribution in [2.45, 2.75) is 52.8 Å². The molecular weight excluding hydrogens is 471 g/mol. The van der Waals surface area contributed by atoms with Crippen molar-refractivity contribution in [1.29, 1.82) is 0 Å². The molecule has 0 atom stereocenters. The third-order valence-corrected chi connectivity index (χ3v) is 5.94. The number of aromatic nitrogens is 1. The van der Waals surface area contributed by atoms with E-state index in [9.17, 15) is 9.59 Å². The van der Waals surface area contributed by atoms with Crippen molar-refractivity contribution in [2.75, 3.05) is 11.9 Å². The summed E-state index contributed by atoms with van der Waals surface area (Å²) in [7, 11) is 1.96. The highest BCUT2D eigenvalue weighted by molar-refractivity contribution is 6.34. The minimum Gasteiger partial charge on any atom is -0.456 e. The van der Waals surface area contributed by atoms with E-state index in [1.807, 2.05) is 70.0 Å². The summed E-state index contributed by atoms with van der Waals surface area (Å²) in [5, 5.41) is 0.539. The summed E-state index contributed by atoms with van der Waals surface area (Å²) in [5.74, 6) is -0.363. The van der Waals surface area contributed by atoms with Gasteiger partial charge in [0.05, 0.1) is 22.8 Å². The number of esters is 1. The summed E-state index contributed by atoms with van der Waals surface area (Å²) in [5.41, 5.74) is 3.52. The zero-order valence-corrected chi connectivity index (χ0v) is 21.7. The first-order valence-electron chi connectivity index (χ1n) is 11.1. The molecule has 1 heterocycles. The van der Waals surface area contributed by atoms with Crippen molar-refractivity contribution < 1.29 is 9.53 Å². The summed E-state index contributed by atoms with van der Waals surface area (Å²) >= 11 is 12.7. The second-order valence-electron chi connectivity index (χ2n) is 9.39. The van der Waals surface area contributed by atoms with Crippen LogP contribution in [0.15, 0.2) is 59.4 Å². The van der Waals surface area contributed by atoms with E-state index in [-0.39, 0.29) is 16.6 Å². The number of halogens is 2. The SMILES string of the molecule is Cc1cccc(N(C)Cc2c(Cl)cc(Cl)c(=O)n2CCc2ccc(C(=O)OC(C)(C)C)cc2)c1. The summed E-state index contributed by atoms with van der Waals surface area (Å²) in [6, 6.07) is 16.9. The molecule has 0 radical (unpaired) electrons. The van der Waals surface area contributed by atoms with Gasteiger partial charge < -0.3 is 14.2 Å². The molecule has 0 aliphatic rings. The largest absolute Gasteiger partial charge is 0.456 e. The maximum absolute atomic E-state index is 12.9. The van der Waals surface area contributed by atoms with Crippen LogP contribution in [0.4, 0.5) is 5.69 Å². The van der Waals surface area contributed by atoms with Gasteiger partial charge in [-0.3, -0.25) is 4.79 Å². The number of hydrogen-bond acceptors (Lipinski definition) is 4. The van der Waals surface area contributed by atoms with Gasteiger partial charge in [0.25, 0.3) is 5.56 Å². The molecule has 0 bridgehead atoms. The molecule has 0 saturated carbocycles. The number of anilines is 1. The quantitative estimate of drug-likeness (QED) is 0.357. The Hall–Kier alpha value is -2.76. The van der Waals surface area contributed by atoms with Crippen molar-refractivity contribution in [2.24, 2.45) is 0 Å². The minimum atomic E-state index is -0.551. The van der Waals surface area contributed by atoms with E-state index in [0.29, 0.717) is 35.8 Å². The number of hydrogen-bond donors (Lipinski definition) is 0. The summed E-state index contributed by atoms with van der Waals surface area (Å²) in [6.07, 6.45) is 0.576. The van der Waals surface area contributed by atoms with E-state index < -0.39 is 5.60 Å². The molecule has 0 aliphatic heterocycles. The lowest BCUT2D eigenvalue weighted by atomic mass is 10.1. The van der Waals surface area contributed by atoms with Gasteiger partial charge in [-0.1, -0.05) is 47.5 Å². The van der Waals surface area contributed by atoms with Crippen LogP contribution in [-0.4, -0.2) is 23.2 Å². The van der Waals surface area contributed by atoms with Gasteiger partial charge in [0.2, 0.25) is 0 Å². The molecular formula is C27H30Cl2N2O3. The molecule has 0 fully saturated rings. The van der Waals surface area contributed by atoms with E-state index in [1.54, 1.807) is 16.7 Å². The Morgan fingerprint density at radius 1 is 1.03 bits per heavy atom. The standard InChI is InChI=1S/C27H30Cl2N2O3/c1-18-7-6-8-21(15-18)30(5)17-24-22(28)16-23(29)25(32)31(24)14-13-19-9-11-20(12-10-19)26(33)34-27(2,3)4/h6-12,15-16H,13-14,17H2,1-5H3. The summed E-state index contributed by atoms with van der Waals surface area (Å²) < 4.78 is 7.05. The molecule has 5 nitrogen and oxygen atoms in total. The molecule has 0 aliphatic carbocycles. The Morgan fingerprint density at radius 2 is 1.71 bits per heavy atom. The zero-order chi connectivity index (χ0) is 25.0. The molecule has 1 aromatic heterocycles. The van der Waals surface area contributed by atoms with Gasteiger partial charge in [0.1, 0.15) is 10.6 Å². The first-order valence-corrected chi connectivity index (χ1v) is 11.9. The summed E-state index contributed by atoms with van der Waals surface area (Å²) in [6.45, 7) is 8.40. The van der Waals surface area contributed by atoms with Crippen LogP contribution in [0.3, 0.4) is 0 Å². The molecule has 0 spiro atoms. The predicted molar refractivity (Wildman–Crippen MR) is 139 cm³/mol. The van der Waals surface area contributed by atoms with Gasteiger partial charge in [-0.2, -0.15) is 0 Å². The van der Waals surface area contributed by atoms with Crippen molar-refractivity contribution >= 4 is 34.9 Å². The molecule has 34 heavy (non-hydrogen) atoms. The van der Waals surface area contributed by atoms with Crippen molar-refractivity contribution in [3.05, 3.63) is 97.4 Å². The van der Waals surface area contributed by atoms with Crippen LogP contribution >= 0.6 is 23.2 Å². The van der Waals surface area contributed by atoms with Gasteiger partial charge in [-0.05, 0) is 75.6 Å². The number of ether oxygens (including phenoxy) is 1. The van der Waals surface area contributed by atoms with E-state index >= 15 is 0 Å². The average molecular weight is 501 g/mol. The Morgan fingerprint density at radius 3 is 2.32 bits per heavy atom. The first-order chi connectivity index (χ1) is 15.9. The Balaban J connectivity index is 1.80. The molecule has 0 amide bonds. The lowest BCUT2D eigenvalue weighted by Crippen LogP contribution is -2.29. The Bertz CT molecular complexity index is 1230. The third-order valence-electron chi connectivity index (χ3n) is 5.35. The number of carbonyl (C=O) groups excluding carboxylic acids is 1. The molecule has 0 unspecified atom stereocenters. The van der Waals surface area contributed by atoms with Gasteiger partial charge >= 0.3 is 5.97 Å². The smallest absolute Gasteiger partial charge is 0.338 e. The number of carbonyl (C=O) groups is 1. The number of benzene rings is 2. The van der Waals surface area contributed by atoms with Crippen LogP contribution in [-0.2, 0) is 24.2 Å². The van der Waals surface area contributed by atoms with Crippen LogP contribution < -0.4 is 10.5 Å². The number of aryl methyl sites for hydroxylation is 2. The van der Waals surface area contributed by atoms with Crippen LogP contribution in [0.1, 0.15) is 48.0 Å². The first kappa shape index (κ1) is 25.9. The number of pyridine rings is 1. The molecule has 3 rings (SSSR count). The fraction of sp³-hybridized carbons (Fsp3) is 0.333. The molecule has 0 saturated heterocycles. The van der Waals surface area contributed by atoms with E-state index in [0.717, 1.165) is 16.8 Å². The van der Waals surface area contributed by atoms with E-state index in [2.05, 4.69) is 6.07 Å². The van der Waals surface area contributed by atoms with E-state index in [1.165, 1.54) is 6.07 Å². The van der Waals surface area contributed by atoms with Crippen molar-refractivity contribution in [3.63, 3.8) is 0 Å². The lowest BCUT2D eigenvalue weighted by Gasteiger charge is -2.23. The van der Waals surface area contributed by atoms with Gasteiger partial charge in [-0.15, -0.1) is 0 Å².